The molecule has 1 aliphatic heterocycles. The molecule has 0 aliphatic carbocycles. The van der Waals surface area contributed by atoms with Gasteiger partial charge in [-0.25, -0.2) is 8.42 Å². The smallest absolute Gasteiger partial charge is 0.191 e. The fourth-order valence-electron chi connectivity index (χ4n) is 3.18. The van der Waals surface area contributed by atoms with Gasteiger partial charge in [0.05, 0.1) is 11.5 Å². The number of benzene rings is 1. The number of aryl methyl sites for hydroxylation is 1. The molecule has 2 aromatic rings. The maximum atomic E-state index is 11.5. The van der Waals surface area contributed by atoms with E-state index in [9.17, 15) is 8.42 Å². The highest BCUT2D eigenvalue weighted by atomic mass is 127. The van der Waals surface area contributed by atoms with Crippen LogP contribution in [0.4, 0.5) is 0 Å². The van der Waals surface area contributed by atoms with Crippen molar-refractivity contribution in [3.63, 3.8) is 0 Å². The Morgan fingerprint density at radius 2 is 2.20 bits per heavy atom. The predicted molar refractivity (Wildman–Crippen MR) is 114 cm³/mol. The van der Waals surface area contributed by atoms with Crippen LogP contribution in [0.25, 0.3) is 10.9 Å². The molecular weight excluding hydrogens is 451 g/mol. The summed E-state index contributed by atoms with van der Waals surface area (Å²) in [6.45, 7) is 2.84. The normalized spacial score (nSPS) is 19.6. The first-order valence-corrected chi connectivity index (χ1v) is 10.0. The molecule has 1 aromatic heterocycles. The molecule has 138 valence electrons. The molecule has 0 spiro atoms. The lowest BCUT2D eigenvalue weighted by atomic mass is 10.1. The maximum Gasteiger partial charge on any atom is 0.191 e. The summed E-state index contributed by atoms with van der Waals surface area (Å²) in [6, 6.07) is 6.26. The van der Waals surface area contributed by atoms with E-state index in [1.807, 2.05) is 0 Å². The van der Waals surface area contributed by atoms with Crippen LogP contribution < -0.4 is 10.6 Å². The molecule has 6 nitrogen and oxygen atoms in total. The molecule has 1 aliphatic rings. The van der Waals surface area contributed by atoms with Crippen LogP contribution in [0.3, 0.4) is 0 Å². The molecule has 3 N–H and O–H groups in total. The van der Waals surface area contributed by atoms with Gasteiger partial charge in [0, 0.05) is 36.7 Å². The SMILES string of the molecule is CN=C(NCCc1c[nH]c2c(C)cccc12)NC1CCS(=O)(=O)C1.I. The third-order valence-electron chi connectivity index (χ3n) is 4.49. The quantitative estimate of drug-likeness (QED) is 0.358. The lowest BCUT2D eigenvalue weighted by molar-refractivity contribution is 0.599. The van der Waals surface area contributed by atoms with Crippen LogP contribution in [0.1, 0.15) is 17.5 Å². The molecule has 1 fully saturated rings. The monoisotopic (exact) mass is 476 g/mol. The number of halogens is 1. The lowest BCUT2D eigenvalue weighted by Gasteiger charge is -2.15. The zero-order valence-electron chi connectivity index (χ0n) is 14.5. The summed E-state index contributed by atoms with van der Waals surface area (Å²) in [7, 11) is -1.18. The lowest BCUT2D eigenvalue weighted by Crippen LogP contribution is -2.44. The first kappa shape index (κ1) is 20.0. The molecule has 0 saturated carbocycles. The summed E-state index contributed by atoms with van der Waals surface area (Å²) in [4.78, 5) is 7.52. The average Bonchev–Trinajstić information content (AvgIpc) is 3.10. The zero-order chi connectivity index (χ0) is 17.2. The maximum absolute atomic E-state index is 11.5. The molecule has 1 atom stereocenters. The number of aromatic amines is 1. The van der Waals surface area contributed by atoms with Crippen molar-refractivity contribution in [2.24, 2.45) is 4.99 Å². The number of guanidine groups is 1. The van der Waals surface area contributed by atoms with Crippen LogP contribution in [0, 0.1) is 6.92 Å². The first-order chi connectivity index (χ1) is 11.5. The Hall–Kier alpha value is -1.29. The minimum atomic E-state index is -2.88. The van der Waals surface area contributed by atoms with Gasteiger partial charge in [0.1, 0.15) is 0 Å². The van der Waals surface area contributed by atoms with Crippen molar-refractivity contribution in [2.45, 2.75) is 25.8 Å². The van der Waals surface area contributed by atoms with E-state index < -0.39 is 9.84 Å². The van der Waals surface area contributed by atoms with Crippen LogP contribution in [0.5, 0.6) is 0 Å². The number of nitrogens with one attached hydrogen (secondary N) is 3. The Balaban J connectivity index is 0.00000225. The van der Waals surface area contributed by atoms with Gasteiger partial charge < -0.3 is 15.6 Å². The van der Waals surface area contributed by atoms with Crippen molar-refractivity contribution in [2.75, 3.05) is 25.1 Å². The van der Waals surface area contributed by atoms with Gasteiger partial charge in [-0.15, -0.1) is 24.0 Å². The molecule has 2 heterocycles. The van der Waals surface area contributed by atoms with Gasteiger partial charge in [0.25, 0.3) is 0 Å². The van der Waals surface area contributed by atoms with Crippen molar-refractivity contribution in [1.29, 1.82) is 0 Å². The van der Waals surface area contributed by atoms with Crippen molar-refractivity contribution >= 4 is 50.7 Å². The van der Waals surface area contributed by atoms with Crippen LogP contribution in [0.15, 0.2) is 29.4 Å². The van der Waals surface area contributed by atoms with Gasteiger partial charge in [-0.05, 0) is 30.9 Å². The fraction of sp³-hybridized carbons (Fsp3) is 0.471. The molecule has 8 heteroatoms. The number of aliphatic imine (C=N–C) groups is 1. The molecule has 25 heavy (non-hydrogen) atoms. The van der Waals surface area contributed by atoms with E-state index in [0.29, 0.717) is 12.4 Å². The number of sulfone groups is 1. The second kappa shape index (κ2) is 8.39. The summed E-state index contributed by atoms with van der Waals surface area (Å²) in [5.74, 6) is 1.11. The molecular formula is C17H25IN4O2S. The third kappa shape index (κ3) is 4.87. The van der Waals surface area contributed by atoms with Crippen molar-refractivity contribution in [3.05, 3.63) is 35.5 Å². The standard InChI is InChI=1S/C17H24N4O2S.HI/c1-12-4-3-5-15-13(10-20-16(12)15)6-8-19-17(18-2)21-14-7-9-24(22,23)11-14;/h3-5,10,14,20H,6-9,11H2,1-2H3,(H2,18,19,21);1H. The van der Waals surface area contributed by atoms with Crippen LogP contribution in [-0.2, 0) is 16.3 Å². The van der Waals surface area contributed by atoms with E-state index in [2.05, 4.69) is 51.9 Å². The number of H-pyrrole nitrogens is 1. The highest BCUT2D eigenvalue weighted by molar-refractivity contribution is 14.0. The zero-order valence-corrected chi connectivity index (χ0v) is 17.6. The summed E-state index contributed by atoms with van der Waals surface area (Å²) >= 11 is 0. The van der Waals surface area contributed by atoms with Crippen molar-refractivity contribution in [3.8, 4) is 0 Å². The summed E-state index contributed by atoms with van der Waals surface area (Å²) in [5.41, 5.74) is 3.69. The summed E-state index contributed by atoms with van der Waals surface area (Å²) < 4.78 is 23.1. The third-order valence-corrected chi connectivity index (χ3v) is 6.26. The molecule has 1 unspecified atom stereocenters. The Kier molecular flexibility index (Phi) is 6.72. The Morgan fingerprint density at radius 3 is 2.88 bits per heavy atom. The Bertz CT molecular complexity index is 861. The number of para-hydroxylation sites is 1. The number of hydrogen-bond acceptors (Lipinski definition) is 3. The van der Waals surface area contributed by atoms with Gasteiger partial charge in [-0.1, -0.05) is 18.2 Å². The number of rotatable bonds is 4. The molecule has 1 saturated heterocycles. The largest absolute Gasteiger partial charge is 0.361 e. The second-order valence-electron chi connectivity index (χ2n) is 6.30. The molecule has 3 rings (SSSR count). The highest BCUT2D eigenvalue weighted by Crippen LogP contribution is 2.21. The van der Waals surface area contributed by atoms with Crippen molar-refractivity contribution < 1.29 is 8.42 Å². The minimum Gasteiger partial charge on any atom is -0.361 e. The van der Waals surface area contributed by atoms with Gasteiger partial charge >= 0.3 is 0 Å². The predicted octanol–water partition coefficient (Wildman–Crippen LogP) is 1.99. The van der Waals surface area contributed by atoms with E-state index in [0.717, 1.165) is 13.0 Å². The van der Waals surface area contributed by atoms with Crippen LogP contribution >= 0.6 is 24.0 Å². The summed E-state index contributed by atoms with van der Waals surface area (Å²) in [6.07, 6.45) is 3.57. The van der Waals surface area contributed by atoms with E-state index >= 15 is 0 Å². The molecule has 0 bridgehead atoms. The number of aromatic nitrogens is 1. The van der Waals surface area contributed by atoms with Gasteiger partial charge in [-0.2, -0.15) is 0 Å². The molecule has 1 aromatic carbocycles. The molecule has 0 amide bonds. The second-order valence-corrected chi connectivity index (χ2v) is 8.53. The van der Waals surface area contributed by atoms with Crippen LogP contribution in [0.2, 0.25) is 0 Å². The van der Waals surface area contributed by atoms with E-state index in [-0.39, 0.29) is 41.5 Å². The van der Waals surface area contributed by atoms with E-state index in [4.69, 9.17) is 0 Å². The number of fused-ring (bicyclic) bond motifs is 1. The van der Waals surface area contributed by atoms with Gasteiger partial charge in [0.15, 0.2) is 15.8 Å². The Labute approximate surface area is 165 Å². The molecule has 0 radical (unpaired) electrons. The van der Waals surface area contributed by atoms with Crippen LogP contribution in [-0.4, -0.2) is 50.5 Å². The first-order valence-electron chi connectivity index (χ1n) is 8.22. The number of hydrogen-bond donors (Lipinski definition) is 3. The topological polar surface area (TPSA) is 86.3 Å². The van der Waals surface area contributed by atoms with Gasteiger partial charge in [0.2, 0.25) is 0 Å². The van der Waals surface area contributed by atoms with E-state index in [1.165, 1.54) is 22.0 Å². The minimum absolute atomic E-state index is 0. The highest BCUT2D eigenvalue weighted by Gasteiger charge is 2.28. The number of nitrogens with zero attached hydrogens (tertiary/aromatic N) is 1. The van der Waals surface area contributed by atoms with Gasteiger partial charge in [-0.3, -0.25) is 4.99 Å². The van der Waals surface area contributed by atoms with Crippen molar-refractivity contribution in [1.82, 2.24) is 15.6 Å². The fourth-order valence-corrected chi connectivity index (χ4v) is 4.86. The summed E-state index contributed by atoms with van der Waals surface area (Å²) in [5, 5.41) is 7.72. The average molecular weight is 476 g/mol. The van der Waals surface area contributed by atoms with E-state index in [1.54, 1.807) is 7.05 Å². The Morgan fingerprint density at radius 1 is 1.40 bits per heavy atom.